The largest absolute Gasteiger partial charge is 0.368 e. The minimum absolute atomic E-state index is 0.744. The predicted molar refractivity (Wildman–Crippen MR) is 78.4 cm³/mol. The maximum Gasteiger partial charge on any atom is 0.148 e. The molecule has 2 N–H and O–H groups in total. The Kier molecular flexibility index (Phi) is 3.60. The summed E-state index contributed by atoms with van der Waals surface area (Å²) >= 11 is 0. The molecule has 2 heterocycles. The van der Waals surface area contributed by atoms with Gasteiger partial charge in [-0.05, 0) is 50.9 Å². The molecule has 100 valence electrons. The van der Waals surface area contributed by atoms with Gasteiger partial charge in [0.05, 0.1) is 16.7 Å². The van der Waals surface area contributed by atoms with Crippen LogP contribution in [0.5, 0.6) is 0 Å². The van der Waals surface area contributed by atoms with Crippen molar-refractivity contribution in [3.63, 3.8) is 0 Å². The van der Waals surface area contributed by atoms with Crippen molar-refractivity contribution in [1.29, 1.82) is 0 Å². The van der Waals surface area contributed by atoms with Crippen LogP contribution in [0, 0.1) is 12.8 Å². The molecule has 0 radical (unpaired) electrons. The summed E-state index contributed by atoms with van der Waals surface area (Å²) in [5.74, 6) is 1.67. The lowest BCUT2D eigenvalue weighted by atomic mass is 9.98. The first-order valence-electron chi connectivity index (χ1n) is 7.01. The normalized spacial score (nSPS) is 16.7. The van der Waals surface area contributed by atoms with Gasteiger partial charge in [-0.3, -0.25) is 0 Å². The molecule has 1 fully saturated rings. The monoisotopic (exact) mass is 256 g/mol. The Bertz CT molecular complexity index is 561. The summed E-state index contributed by atoms with van der Waals surface area (Å²) in [4.78, 5) is 9.27. The van der Waals surface area contributed by atoms with Crippen molar-refractivity contribution < 1.29 is 0 Å². The first kappa shape index (κ1) is 12.4. The number of para-hydroxylation sites is 2. The summed E-state index contributed by atoms with van der Waals surface area (Å²) in [5, 5.41) is 6.87. The summed E-state index contributed by atoms with van der Waals surface area (Å²) in [6.07, 6.45) is 2.49. The Morgan fingerprint density at radius 2 is 1.84 bits per heavy atom. The van der Waals surface area contributed by atoms with E-state index < -0.39 is 0 Å². The Morgan fingerprint density at radius 1 is 1.16 bits per heavy atom. The number of rotatable bonds is 3. The van der Waals surface area contributed by atoms with Gasteiger partial charge in [0.1, 0.15) is 5.82 Å². The fourth-order valence-corrected chi connectivity index (χ4v) is 2.58. The lowest BCUT2D eigenvalue weighted by Crippen LogP contribution is -2.31. The molecule has 1 aliphatic heterocycles. The molecular weight excluding hydrogens is 236 g/mol. The van der Waals surface area contributed by atoms with Crippen molar-refractivity contribution >= 4 is 16.9 Å². The molecule has 1 aromatic heterocycles. The van der Waals surface area contributed by atoms with Gasteiger partial charge >= 0.3 is 0 Å². The van der Waals surface area contributed by atoms with Gasteiger partial charge in [0.25, 0.3) is 0 Å². The van der Waals surface area contributed by atoms with Crippen LogP contribution in [-0.4, -0.2) is 29.6 Å². The second kappa shape index (κ2) is 5.53. The van der Waals surface area contributed by atoms with Crippen LogP contribution >= 0.6 is 0 Å². The number of anilines is 1. The molecular formula is C15H20N4. The van der Waals surface area contributed by atoms with Crippen LogP contribution in [0.1, 0.15) is 18.5 Å². The molecule has 0 saturated carbocycles. The van der Waals surface area contributed by atoms with E-state index in [0.29, 0.717) is 0 Å². The molecule has 0 amide bonds. The highest BCUT2D eigenvalue weighted by Gasteiger charge is 2.13. The van der Waals surface area contributed by atoms with Gasteiger partial charge in [0.15, 0.2) is 0 Å². The first-order valence-corrected chi connectivity index (χ1v) is 7.01. The highest BCUT2D eigenvalue weighted by atomic mass is 15.0. The molecule has 19 heavy (non-hydrogen) atoms. The zero-order valence-electron chi connectivity index (χ0n) is 11.3. The molecule has 0 bridgehead atoms. The molecule has 4 nitrogen and oxygen atoms in total. The van der Waals surface area contributed by atoms with Gasteiger partial charge in [-0.1, -0.05) is 12.1 Å². The number of hydrogen-bond acceptors (Lipinski definition) is 4. The Labute approximate surface area is 113 Å². The number of aryl methyl sites for hydroxylation is 1. The van der Waals surface area contributed by atoms with Gasteiger partial charge in [-0.25, -0.2) is 9.97 Å². The highest BCUT2D eigenvalue weighted by Crippen LogP contribution is 2.18. The van der Waals surface area contributed by atoms with E-state index in [-0.39, 0.29) is 0 Å². The third kappa shape index (κ3) is 2.84. The van der Waals surface area contributed by atoms with E-state index in [1.165, 1.54) is 12.8 Å². The average Bonchev–Trinajstić information content (AvgIpc) is 2.46. The average molecular weight is 256 g/mol. The molecule has 4 heteroatoms. The maximum atomic E-state index is 4.67. The van der Waals surface area contributed by atoms with Crippen molar-refractivity contribution in [2.45, 2.75) is 19.8 Å². The van der Waals surface area contributed by atoms with E-state index in [1.807, 2.05) is 31.2 Å². The minimum Gasteiger partial charge on any atom is -0.368 e. The van der Waals surface area contributed by atoms with Gasteiger partial charge in [0, 0.05) is 6.54 Å². The third-order valence-corrected chi connectivity index (χ3v) is 3.76. The molecule has 0 atom stereocenters. The number of nitrogens with one attached hydrogen (secondary N) is 2. The number of nitrogens with zero attached hydrogens (tertiary/aromatic N) is 2. The van der Waals surface area contributed by atoms with Gasteiger partial charge in [-0.15, -0.1) is 0 Å². The molecule has 0 spiro atoms. The molecule has 1 aliphatic rings. The van der Waals surface area contributed by atoms with Crippen LogP contribution in [0.3, 0.4) is 0 Å². The Hall–Kier alpha value is -1.68. The second-order valence-electron chi connectivity index (χ2n) is 5.22. The number of hydrogen-bond donors (Lipinski definition) is 2. The van der Waals surface area contributed by atoms with E-state index in [2.05, 4.69) is 20.6 Å². The van der Waals surface area contributed by atoms with Crippen molar-refractivity contribution in [2.75, 3.05) is 25.0 Å². The summed E-state index contributed by atoms with van der Waals surface area (Å²) in [7, 11) is 0. The van der Waals surface area contributed by atoms with Gasteiger partial charge in [-0.2, -0.15) is 0 Å². The standard InChI is InChI=1S/C15H20N4/c1-11-15(17-10-12-6-8-16-9-7-12)19-14-5-3-2-4-13(14)18-11/h2-5,12,16H,6-10H2,1H3,(H,17,19). The summed E-state index contributed by atoms with van der Waals surface area (Å²) in [6.45, 7) is 5.28. The number of fused-ring (bicyclic) bond motifs is 1. The molecule has 0 aliphatic carbocycles. The lowest BCUT2D eigenvalue weighted by Gasteiger charge is -2.23. The van der Waals surface area contributed by atoms with Crippen LogP contribution in [-0.2, 0) is 0 Å². The molecule has 3 rings (SSSR count). The lowest BCUT2D eigenvalue weighted by molar-refractivity contribution is 0.389. The van der Waals surface area contributed by atoms with Gasteiger partial charge in [0.2, 0.25) is 0 Å². The minimum atomic E-state index is 0.744. The van der Waals surface area contributed by atoms with Crippen molar-refractivity contribution in [3.8, 4) is 0 Å². The van der Waals surface area contributed by atoms with Gasteiger partial charge < -0.3 is 10.6 Å². The van der Waals surface area contributed by atoms with E-state index in [1.54, 1.807) is 0 Å². The topological polar surface area (TPSA) is 49.8 Å². The van der Waals surface area contributed by atoms with Crippen LogP contribution < -0.4 is 10.6 Å². The van der Waals surface area contributed by atoms with E-state index in [4.69, 9.17) is 0 Å². The highest BCUT2D eigenvalue weighted by molar-refractivity contribution is 5.76. The fraction of sp³-hybridized carbons (Fsp3) is 0.467. The smallest absolute Gasteiger partial charge is 0.148 e. The second-order valence-corrected chi connectivity index (χ2v) is 5.22. The molecule has 1 saturated heterocycles. The molecule has 0 unspecified atom stereocenters. The van der Waals surface area contributed by atoms with Crippen LogP contribution in [0.2, 0.25) is 0 Å². The SMILES string of the molecule is Cc1nc2ccccc2nc1NCC1CCNCC1. The summed E-state index contributed by atoms with van der Waals surface area (Å²) in [5.41, 5.74) is 2.90. The van der Waals surface area contributed by atoms with E-state index >= 15 is 0 Å². The third-order valence-electron chi connectivity index (χ3n) is 3.76. The zero-order valence-corrected chi connectivity index (χ0v) is 11.3. The zero-order chi connectivity index (χ0) is 13.1. The van der Waals surface area contributed by atoms with Crippen LogP contribution in [0.4, 0.5) is 5.82 Å². The summed E-state index contributed by atoms with van der Waals surface area (Å²) < 4.78 is 0. The van der Waals surface area contributed by atoms with Crippen molar-refractivity contribution in [1.82, 2.24) is 15.3 Å². The fourth-order valence-electron chi connectivity index (χ4n) is 2.58. The predicted octanol–water partition coefficient (Wildman–Crippen LogP) is 2.35. The maximum absolute atomic E-state index is 4.67. The molecule has 1 aromatic carbocycles. The Balaban J connectivity index is 1.74. The van der Waals surface area contributed by atoms with E-state index in [0.717, 1.165) is 48.1 Å². The number of benzene rings is 1. The quantitative estimate of drug-likeness (QED) is 0.885. The number of aromatic nitrogens is 2. The first-order chi connectivity index (χ1) is 9.33. The van der Waals surface area contributed by atoms with E-state index in [9.17, 15) is 0 Å². The van der Waals surface area contributed by atoms with Crippen molar-refractivity contribution in [2.24, 2.45) is 5.92 Å². The molecule has 2 aromatic rings. The Morgan fingerprint density at radius 3 is 2.58 bits per heavy atom. The van der Waals surface area contributed by atoms with Crippen LogP contribution in [0.25, 0.3) is 11.0 Å². The van der Waals surface area contributed by atoms with Crippen molar-refractivity contribution in [3.05, 3.63) is 30.0 Å². The number of piperidine rings is 1. The summed E-state index contributed by atoms with van der Waals surface area (Å²) in [6, 6.07) is 8.02. The van der Waals surface area contributed by atoms with Crippen LogP contribution in [0.15, 0.2) is 24.3 Å².